The third-order valence-corrected chi connectivity index (χ3v) is 5.65. The molecule has 1 heterocycles. The van der Waals surface area contributed by atoms with Crippen LogP contribution in [0.15, 0.2) is 81.9 Å². The maximum absolute atomic E-state index is 12.8. The molecule has 1 amide bonds. The number of amides is 1. The summed E-state index contributed by atoms with van der Waals surface area (Å²) in [6.45, 7) is 4.25. The highest BCUT2D eigenvalue weighted by atomic mass is 32.2. The smallest absolute Gasteiger partial charge is 0.265 e. The van der Waals surface area contributed by atoms with E-state index in [2.05, 4.69) is 35.8 Å². The van der Waals surface area contributed by atoms with Crippen LogP contribution in [0, 0.1) is 25.2 Å². The number of furan rings is 1. The molecule has 3 aromatic rings. The Hall–Kier alpha value is -3.43. The largest absolute Gasteiger partial charge is 0.467 e. The molecule has 0 fully saturated rings. The minimum atomic E-state index is -0.442. The molecule has 0 spiro atoms. The Morgan fingerprint density at radius 3 is 2.43 bits per heavy atom. The average molecular weight is 418 g/mol. The first-order valence-electron chi connectivity index (χ1n) is 9.53. The molecular formula is C24H23N3O2S. The third-order valence-electron chi connectivity index (χ3n) is 4.60. The highest BCUT2D eigenvalue weighted by molar-refractivity contribution is 8.02. The van der Waals surface area contributed by atoms with Gasteiger partial charge in [0.1, 0.15) is 17.4 Å². The van der Waals surface area contributed by atoms with Gasteiger partial charge in [-0.2, -0.15) is 5.26 Å². The SMILES string of the molecule is Cc1ccccc1CS/C(Nc1ccccc1C)=C(\C#N)C(=O)NCc1ccco1. The topological polar surface area (TPSA) is 78.1 Å². The highest BCUT2D eigenvalue weighted by Gasteiger charge is 2.18. The second kappa shape index (κ2) is 10.4. The zero-order chi connectivity index (χ0) is 21.3. The van der Waals surface area contributed by atoms with Crippen LogP contribution in [0.5, 0.6) is 0 Å². The van der Waals surface area contributed by atoms with Gasteiger partial charge in [0, 0.05) is 11.4 Å². The van der Waals surface area contributed by atoms with Gasteiger partial charge in [0.25, 0.3) is 5.91 Å². The van der Waals surface area contributed by atoms with Crippen LogP contribution < -0.4 is 10.6 Å². The number of carbonyl (C=O) groups excluding carboxylic acids is 1. The summed E-state index contributed by atoms with van der Waals surface area (Å²) < 4.78 is 5.25. The van der Waals surface area contributed by atoms with Gasteiger partial charge in [0.15, 0.2) is 0 Å². The molecule has 0 unspecified atom stereocenters. The molecular weight excluding hydrogens is 394 g/mol. The van der Waals surface area contributed by atoms with Crippen LogP contribution in [0.4, 0.5) is 5.69 Å². The second-order valence-electron chi connectivity index (χ2n) is 6.73. The first kappa shape index (κ1) is 21.3. The number of nitrogens with one attached hydrogen (secondary N) is 2. The van der Waals surface area contributed by atoms with Crippen LogP contribution in [0.3, 0.4) is 0 Å². The van der Waals surface area contributed by atoms with Gasteiger partial charge in [-0.05, 0) is 48.7 Å². The summed E-state index contributed by atoms with van der Waals surface area (Å²) in [6.07, 6.45) is 1.55. The Balaban J connectivity index is 1.86. The first-order chi connectivity index (χ1) is 14.6. The van der Waals surface area contributed by atoms with Gasteiger partial charge in [-0.25, -0.2) is 0 Å². The van der Waals surface area contributed by atoms with E-state index in [0.717, 1.165) is 16.8 Å². The van der Waals surface area contributed by atoms with Gasteiger partial charge in [-0.15, -0.1) is 11.8 Å². The number of nitrogens with zero attached hydrogens (tertiary/aromatic N) is 1. The van der Waals surface area contributed by atoms with Crippen LogP contribution >= 0.6 is 11.8 Å². The number of anilines is 1. The summed E-state index contributed by atoms with van der Waals surface area (Å²) in [5, 5.41) is 16.4. The number of aryl methyl sites for hydroxylation is 2. The molecule has 30 heavy (non-hydrogen) atoms. The fourth-order valence-electron chi connectivity index (χ4n) is 2.80. The Morgan fingerprint density at radius 1 is 1.03 bits per heavy atom. The third kappa shape index (κ3) is 5.56. The van der Waals surface area contributed by atoms with Crippen molar-refractivity contribution in [3.63, 3.8) is 0 Å². The molecule has 0 bridgehead atoms. The summed E-state index contributed by atoms with van der Waals surface area (Å²) in [5.74, 6) is 0.821. The van der Waals surface area contributed by atoms with E-state index in [1.807, 2.05) is 43.3 Å². The van der Waals surface area contributed by atoms with Gasteiger partial charge in [-0.1, -0.05) is 42.5 Å². The fourth-order valence-corrected chi connectivity index (χ4v) is 3.89. The lowest BCUT2D eigenvalue weighted by molar-refractivity contribution is -0.117. The van der Waals surface area contributed by atoms with E-state index in [4.69, 9.17) is 4.42 Å². The molecule has 6 heteroatoms. The van der Waals surface area contributed by atoms with Gasteiger partial charge in [0.2, 0.25) is 0 Å². The molecule has 2 aromatic carbocycles. The van der Waals surface area contributed by atoms with Gasteiger partial charge in [0.05, 0.1) is 17.8 Å². The predicted octanol–water partition coefficient (Wildman–Crippen LogP) is 5.29. The van der Waals surface area contributed by atoms with Gasteiger partial charge < -0.3 is 15.1 Å². The quantitative estimate of drug-likeness (QED) is 0.384. The molecule has 0 aliphatic heterocycles. The average Bonchev–Trinajstić information content (AvgIpc) is 3.27. The molecule has 2 N–H and O–H groups in total. The van der Waals surface area contributed by atoms with Gasteiger partial charge in [-0.3, -0.25) is 4.79 Å². The van der Waals surface area contributed by atoms with Crippen LogP contribution in [0.25, 0.3) is 0 Å². The maximum atomic E-state index is 12.8. The zero-order valence-electron chi connectivity index (χ0n) is 16.9. The van der Waals surface area contributed by atoms with E-state index in [0.29, 0.717) is 16.5 Å². The first-order valence-corrected chi connectivity index (χ1v) is 10.5. The number of hydrogen-bond acceptors (Lipinski definition) is 5. The van der Waals surface area contributed by atoms with Crippen molar-refractivity contribution in [2.24, 2.45) is 0 Å². The Kier molecular flexibility index (Phi) is 7.36. The van der Waals surface area contributed by atoms with Crippen molar-refractivity contribution in [1.29, 1.82) is 5.26 Å². The fraction of sp³-hybridized carbons (Fsp3) is 0.167. The van der Waals surface area contributed by atoms with Crippen molar-refractivity contribution >= 4 is 23.4 Å². The van der Waals surface area contributed by atoms with E-state index in [1.54, 1.807) is 18.4 Å². The Labute approximate surface area is 180 Å². The number of nitriles is 1. The molecule has 0 radical (unpaired) electrons. The second-order valence-corrected chi connectivity index (χ2v) is 7.72. The van der Waals surface area contributed by atoms with Crippen molar-refractivity contribution in [2.45, 2.75) is 26.1 Å². The number of para-hydroxylation sites is 1. The minimum Gasteiger partial charge on any atom is -0.467 e. The van der Waals surface area contributed by atoms with Crippen molar-refractivity contribution in [2.75, 3.05) is 5.32 Å². The van der Waals surface area contributed by atoms with Crippen LogP contribution in [0.1, 0.15) is 22.5 Å². The standard InChI is InChI=1S/C24H23N3O2S/c1-17-8-3-5-10-19(17)16-30-24(27-22-12-6-4-9-18(22)2)21(14-25)23(28)26-15-20-11-7-13-29-20/h3-13,27H,15-16H2,1-2H3,(H,26,28)/b24-21+. The summed E-state index contributed by atoms with van der Waals surface area (Å²) >= 11 is 1.44. The van der Waals surface area contributed by atoms with Crippen molar-refractivity contribution < 1.29 is 9.21 Å². The number of rotatable bonds is 8. The predicted molar refractivity (Wildman–Crippen MR) is 120 cm³/mol. The Morgan fingerprint density at radius 2 is 1.77 bits per heavy atom. The number of carbonyl (C=O) groups is 1. The molecule has 0 aliphatic rings. The summed E-state index contributed by atoms with van der Waals surface area (Å²) in [4.78, 5) is 12.8. The normalized spacial score (nSPS) is 11.4. The van der Waals surface area contributed by atoms with E-state index < -0.39 is 5.91 Å². The van der Waals surface area contributed by atoms with Crippen LogP contribution in [0.2, 0.25) is 0 Å². The number of hydrogen-bond donors (Lipinski definition) is 2. The van der Waals surface area contributed by atoms with Crippen molar-refractivity contribution in [3.05, 3.63) is 100.0 Å². The molecule has 5 nitrogen and oxygen atoms in total. The Bertz CT molecular complexity index is 1080. The monoisotopic (exact) mass is 417 g/mol. The molecule has 3 rings (SSSR count). The van der Waals surface area contributed by atoms with Crippen molar-refractivity contribution in [3.8, 4) is 6.07 Å². The van der Waals surface area contributed by atoms with Crippen molar-refractivity contribution in [1.82, 2.24) is 5.32 Å². The van der Waals surface area contributed by atoms with Gasteiger partial charge >= 0.3 is 0 Å². The lowest BCUT2D eigenvalue weighted by atomic mass is 10.1. The molecule has 152 valence electrons. The number of thioether (sulfide) groups is 1. The highest BCUT2D eigenvalue weighted by Crippen LogP contribution is 2.28. The molecule has 0 atom stereocenters. The lowest BCUT2D eigenvalue weighted by Crippen LogP contribution is -2.25. The zero-order valence-corrected chi connectivity index (χ0v) is 17.8. The maximum Gasteiger partial charge on any atom is 0.265 e. The summed E-state index contributed by atoms with van der Waals surface area (Å²) in [6, 6.07) is 21.5. The lowest BCUT2D eigenvalue weighted by Gasteiger charge is -2.15. The molecule has 0 aliphatic carbocycles. The molecule has 0 saturated carbocycles. The van der Waals surface area contributed by atoms with E-state index in [1.165, 1.54) is 17.3 Å². The summed E-state index contributed by atoms with van der Waals surface area (Å²) in [7, 11) is 0. The van der Waals surface area contributed by atoms with E-state index in [9.17, 15) is 10.1 Å². The summed E-state index contributed by atoms with van der Waals surface area (Å²) in [5.41, 5.74) is 4.25. The molecule has 0 saturated heterocycles. The van der Waals surface area contributed by atoms with E-state index >= 15 is 0 Å². The minimum absolute atomic E-state index is 0.0448. The van der Waals surface area contributed by atoms with Crippen LogP contribution in [-0.2, 0) is 17.1 Å². The molecule has 1 aromatic heterocycles. The number of benzene rings is 2. The van der Waals surface area contributed by atoms with Crippen LogP contribution in [-0.4, -0.2) is 5.91 Å². The van der Waals surface area contributed by atoms with E-state index in [-0.39, 0.29) is 12.1 Å².